The summed E-state index contributed by atoms with van der Waals surface area (Å²) in [6.07, 6.45) is -3.90. The van der Waals surface area contributed by atoms with E-state index in [1.807, 2.05) is 0 Å². The molecule has 0 aliphatic heterocycles. The first kappa shape index (κ1) is 28.5. The Balaban J connectivity index is 3.96. The molecule has 0 unspecified atom stereocenters. The molecule has 0 amide bonds. The summed E-state index contributed by atoms with van der Waals surface area (Å²) in [6.45, 7) is 6.88. The van der Waals surface area contributed by atoms with Crippen LogP contribution in [-0.2, 0) is 20.0 Å². The summed E-state index contributed by atoms with van der Waals surface area (Å²) in [5.74, 6) is -2.50. The lowest BCUT2D eigenvalue weighted by atomic mass is 10.1. The van der Waals surface area contributed by atoms with Crippen LogP contribution >= 0.6 is 0 Å². The molecule has 12 heteroatoms. The predicted octanol–water partition coefficient (Wildman–Crippen LogP) is 4.05. The van der Waals surface area contributed by atoms with Crippen molar-refractivity contribution in [1.82, 2.24) is 8.61 Å². The van der Waals surface area contributed by atoms with E-state index in [0.717, 1.165) is 26.8 Å². The molecule has 0 bridgehead atoms. The van der Waals surface area contributed by atoms with E-state index in [-0.39, 0.29) is 26.2 Å². The number of sulfonamides is 2. The van der Waals surface area contributed by atoms with Gasteiger partial charge in [-0.25, -0.2) is 16.8 Å². The number of alkyl halides is 3. The number of hydrogen-bond donors (Lipinski definition) is 0. The highest BCUT2D eigenvalue weighted by Crippen LogP contribution is 2.34. The van der Waals surface area contributed by atoms with Crippen LogP contribution in [0.1, 0.15) is 63.7 Å². The van der Waals surface area contributed by atoms with Gasteiger partial charge in [0.15, 0.2) is 0 Å². The fourth-order valence-electron chi connectivity index (χ4n) is 3.29. The predicted molar refractivity (Wildman–Crippen MR) is 116 cm³/mol. The molecule has 0 aromatic heterocycles. The lowest BCUT2D eigenvalue weighted by Crippen LogP contribution is -2.37. The van der Waals surface area contributed by atoms with Gasteiger partial charge in [0.25, 0.3) is 5.78 Å². The molecular weight excluding hydrogens is 469 g/mol. The van der Waals surface area contributed by atoms with Gasteiger partial charge in [0.05, 0.1) is 15.4 Å². The summed E-state index contributed by atoms with van der Waals surface area (Å²) < 4.78 is 95.5. The lowest BCUT2D eigenvalue weighted by molar-refractivity contribution is -0.0889. The van der Waals surface area contributed by atoms with Gasteiger partial charge in [-0.05, 0) is 37.8 Å². The molecule has 32 heavy (non-hydrogen) atoms. The monoisotopic (exact) mass is 500 g/mol. The van der Waals surface area contributed by atoms with Crippen LogP contribution in [0.2, 0.25) is 0 Å². The minimum Gasteiger partial charge on any atom is -0.284 e. The fraction of sp³-hybridized carbons (Fsp3) is 0.650. The van der Waals surface area contributed by atoms with Crippen molar-refractivity contribution in [2.75, 3.05) is 26.2 Å². The quantitative estimate of drug-likeness (QED) is 0.381. The Morgan fingerprint density at radius 1 is 0.750 bits per heavy atom. The van der Waals surface area contributed by atoms with Gasteiger partial charge in [-0.3, -0.25) is 4.79 Å². The molecule has 0 saturated carbocycles. The number of hydrogen-bond acceptors (Lipinski definition) is 5. The second-order valence-electron chi connectivity index (χ2n) is 7.26. The molecule has 0 fully saturated rings. The maximum absolute atomic E-state index is 13.5. The SMILES string of the molecule is CCCN(CCC)S(=O)(=O)c1cccc(S(=O)(=O)N(CCC)CCC)c1C(=O)C(F)(F)F. The van der Waals surface area contributed by atoms with Crippen molar-refractivity contribution in [3.63, 3.8) is 0 Å². The molecule has 1 rings (SSSR count). The van der Waals surface area contributed by atoms with Crippen LogP contribution in [0, 0.1) is 0 Å². The van der Waals surface area contributed by atoms with Crippen LogP contribution in [-0.4, -0.2) is 63.6 Å². The van der Waals surface area contributed by atoms with Gasteiger partial charge in [0, 0.05) is 26.2 Å². The highest BCUT2D eigenvalue weighted by atomic mass is 32.2. The van der Waals surface area contributed by atoms with E-state index in [0.29, 0.717) is 25.7 Å². The van der Waals surface area contributed by atoms with E-state index in [1.165, 1.54) is 0 Å². The Labute approximate surface area is 188 Å². The second-order valence-corrected chi connectivity index (χ2v) is 11.1. The van der Waals surface area contributed by atoms with Crippen LogP contribution in [0.4, 0.5) is 13.2 Å². The molecule has 1 aromatic rings. The maximum atomic E-state index is 13.5. The Hall–Kier alpha value is -1.50. The molecule has 0 atom stereocenters. The molecule has 0 saturated heterocycles. The smallest absolute Gasteiger partial charge is 0.284 e. The van der Waals surface area contributed by atoms with E-state index in [9.17, 15) is 34.8 Å². The third-order valence-corrected chi connectivity index (χ3v) is 8.48. The van der Waals surface area contributed by atoms with Crippen molar-refractivity contribution in [3.8, 4) is 0 Å². The average molecular weight is 501 g/mol. The zero-order valence-electron chi connectivity index (χ0n) is 18.8. The highest BCUT2D eigenvalue weighted by molar-refractivity contribution is 7.90. The van der Waals surface area contributed by atoms with Gasteiger partial charge >= 0.3 is 6.18 Å². The molecule has 7 nitrogen and oxygen atoms in total. The van der Waals surface area contributed by atoms with Gasteiger partial charge in [-0.2, -0.15) is 21.8 Å². The van der Waals surface area contributed by atoms with Crippen molar-refractivity contribution in [1.29, 1.82) is 0 Å². The van der Waals surface area contributed by atoms with Crippen molar-refractivity contribution in [3.05, 3.63) is 23.8 Å². The highest BCUT2D eigenvalue weighted by Gasteiger charge is 2.46. The number of nitrogens with zero attached hydrogens (tertiary/aromatic N) is 2. The standard InChI is InChI=1S/C20H31F3N2O5S2/c1-5-12-24(13-6-2)31(27,28)16-10-9-11-17(18(16)19(26)20(21,22)23)32(29,30)25(14-7-3)15-8-4/h9-11H,5-8,12-15H2,1-4H3. The van der Waals surface area contributed by atoms with E-state index >= 15 is 0 Å². The largest absolute Gasteiger partial charge is 0.454 e. The Morgan fingerprint density at radius 3 is 1.31 bits per heavy atom. The van der Waals surface area contributed by atoms with Crippen LogP contribution in [0.25, 0.3) is 0 Å². The zero-order chi connectivity index (χ0) is 24.7. The Morgan fingerprint density at radius 2 is 1.06 bits per heavy atom. The number of halogens is 3. The molecule has 0 aliphatic rings. The van der Waals surface area contributed by atoms with E-state index < -0.39 is 47.4 Å². The topological polar surface area (TPSA) is 91.8 Å². The van der Waals surface area contributed by atoms with Gasteiger partial charge < -0.3 is 0 Å². The van der Waals surface area contributed by atoms with Crippen molar-refractivity contribution in [2.45, 2.75) is 69.3 Å². The Bertz CT molecular complexity index is 917. The van der Waals surface area contributed by atoms with Crippen LogP contribution in [0.5, 0.6) is 0 Å². The zero-order valence-corrected chi connectivity index (χ0v) is 20.4. The second kappa shape index (κ2) is 11.6. The molecular formula is C20H31F3N2O5S2. The summed E-state index contributed by atoms with van der Waals surface area (Å²) in [5.41, 5.74) is -1.35. The van der Waals surface area contributed by atoms with Crippen molar-refractivity contribution >= 4 is 25.8 Å². The Kier molecular flexibility index (Phi) is 10.3. The first-order chi connectivity index (χ1) is 14.8. The molecule has 1 aromatic carbocycles. The lowest BCUT2D eigenvalue weighted by Gasteiger charge is -2.26. The fourth-order valence-corrected chi connectivity index (χ4v) is 7.02. The van der Waals surface area contributed by atoms with E-state index in [4.69, 9.17) is 0 Å². The third-order valence-electron chi connectivity index (χ3n) is 4.60. The number of carbonyl (C=O) groups excluding carboxylic acids is 1. The normalized spacial score (nSPS) is 13.2. The maximum Gasteiger partial charge on any atom is 0.454 e. The number of rotatable bonds is 13. The minimum absolute atomic E-state index is 0.0184. The number of Topliss-reactive ketones (excluding diaryl/α,β-unsaturated/α-hetero) is 1. The van der Waals surface area contributed by atoms with Crippen LogP contribution in [0.3, 0.4) is 0 Å². The summed E-state index contributed by atoms with van der Waals surface area (Å²) >= 11 is 0. The molecule has 0 N–H and O–H groups in total. The summed E-state index contributed by atoms with van der Waals surface area (Å²) in [5, 5.41) is 0. The van der Waals surface area contributed by atoms with Crippen LogP contribution < -0.4 is 0 Å². The molecule has 0 radical (unpaired) electrons. The van der Waals surface area contributed by atoms with Crippen molar-refractivity contribution in [2.24, 2.45) is 0 Å². The molecule has 0 aliphatic carbocycles. The summed E-state index contributed by atoms with van der Waals surface area (Å²) in [6, 6.07) is 2.77. The van der Waals surface area contributed by atoms with Gasteiger partial charge in [0.2, 0.25) is 20.0 Å². The number of ketones is 1. The van der Waals surface area contributed by atoms with Gasteiger partial charge in [-0.1, -0.05) is 33.8 Å². The van der Waals surface area contributed by atoms with E-state index in [1.54, 1.807) is 27.7 Å². The number of carbonyl (C=O) groups is 1. The minimum atomic E-state index is -5.46. The first-order valence-electron chi connectivity index (χ1n) is 10.5. The van der Waals surface area contributed by atoms with Gasteiger partial charge in [-0.15, -0.1) is 0 Å². The molecule has 184 valence electrons. The molecule has 0 heterocycles. The van der Waals surface area contributed by atoms with Crippen molar-refractivity contribution < 1.29 is 34.8 Å². The first-order valence-corrected chi connectivity index (χ1v) is 13.4. The number of benzene rings is 1. The summed E-state index contributed by atoms with van der Waals surface area (Å²) in [7, 11) is -9.13. The third kappa shape index (κ3) is 6.30. The van der Waals surface area contributed by atoms with Crippen LogP contribution in [0.15, 0.2) is 28.0 Å². The average Bonchev–Trinajstić information content (AvgIpc) is 2.71. The van der Waals surface area contributed by atoms with Gasteiger partial charge in [0.1, 0.15) is 0 Å². The molecule has 0 spiro atoms. The van der Waals surface area contributed by atoms with E-state index in [2.05, 4.69) is 0 Å². The summed E-state index contributed by atoms with van der Waals surface area (Å²) in [4.78, 5) is 10.5.